The summed E-state index contributed by atoms with van der Waals surface area (Å²) >= 11 is 5.52. The van der Waals surface area contributed by atoms with Gasteiger partial charge in [0.05, 0.1) is 7.11 Å². The van der Waals surface area contributed by atoms with Crippen molar-refractivity contribution < 1.29 is 9.13 Å². The Morgan fingerprint density at radius 3 is 2.87 bits per heavy atom. The fourth-order valence-corrected chi connectivity index (χ4v) is 1.39. The third-order valence-corrected chi connectivity index (χ3v) is 2.26. The number of hydrogen-bond donors (Lipinski definition) is 0. The first-order chi connectivity index (χ1) is 7.29. The second-order valence-corrected chi connectivity index (χ2v) is 3.46. The molecular formula is C12H14ClFO. The molecule has 0 bridgehead atoms. The molecule has 0 aliphatic rings. The van der Waals surface area contributed by atoms with Gasteiger partial charge in [0.25, 0.3) is 0 Å². The molecule has 0 unspecified atom stereocenters. The molecule has 0 atom stereocenters. The van der Waals surface area contributed by atoms with Gasteiger partial charge in [-0.3, -0.25) is 0 Å². The van der Waals surface area contributed by atoms with Gasteiger partial charge in [0.1, 0.15) is 0 Å². The zero-order chi connectivity index (χ0) is 11.1. The Hall–Kier alpha value is -1.02. The third-order valence-electron chi connectivity index (χ3n) is 2.04. The summed E-state index contributed by atoms with van der Waals surface area (Å²) in [6.07, 6.45) is 5.25. The predicted molar refractivity (Wildman–Crippen MR) is 61.1 cm³/mol. The number of alkyl halides is 1. The summed E-state index contributed by atoms with van der Waals surface area (Å²) < 4.78 is 18.5. The van der Waals surface area contributed by atoms with E-state index in [1.807, 2.05) is 12.2 Å². The van der Waals surface area contributed by atoms with Gasteiger partial charge in [0, 0.05) is 5.88 Å². The molecule has 15 heavy (non-hydrogen) atoms. The summed E-state index contributed by atoms with van der Waals surface area (Å²) in [5.74, 6) is 0.602. The van der Waals surface area contributed by atoms with E-state index in [9.17, 15) is 4.39 Å². The smallest absolute Gasteiger partial charge is 0.168 e. The highest BCUT2D eigenvalue weighted by Gasteiger charge is 2.05. The molecule has 0 spiro atoms. The molecule has 0 amide bonds. The van der Waals surface area contributed by atoms with Crippen molar-refractivity contribution in [3.05, 3.63) is 41.7 Å². The number of allylic oxidation sites excluding steroid dienone is 2. The van der Waals surface area contributed by atoms with E-state index in [1.54, 1.807) is 18.2 Å². The largest absolute Gasteiger partial charge is 0.494 e. The zero-order valence-electron chi connectivity index (χ0n) is 8.67. The molecule has 0 N–H and O–H groups in total. The van der Waals surface area contributed by atoms with Gasteiger partial charge in [-0.15, -0.1) is 11.6 Å². The van der Waals surface area contributed by atoms with E-state index in [-0.39, 0.29) is 5.82 Å². The molecule has 0 fully saturated rings. The molecule has 82 valence electrons. The Bertz CT molecular complexity index is 336. The van der Waals surface area contributed by atoms with Crippen LogP contribution in [0.3, 0.4) is 0 Å². The van der Waals surface area contributed by atoms with Crippen LogP contribution < -0.4 is 4.74 Å². The highest BCUT2D eigenvalue weighted by molar-refractivity contribution is 6.17. The minimum atomic E-state index is -0.282. The normalized spacial score (nSPS) is 10.9. The van der Waals surface area contributed by atoms with Gasteiger partial charge in [0.2, 0.25) is 0 Å². The van der Waals surface area contributed by atoms with Crippen LogP contribution in [0.5, 0.6) is 5.75 Å². The fourth-order valence-electron chi connectivity index (χ4n) is 1.26. The van der Waals surface area contributed by atoms with Crippen molar-refractivity contribution in [1.82, 2.24) is 0 Å². The van der Waals surface area contributed by atoms with Crippen LogP contribution >= 0.6 is 11.6 Å². The summed E-state index contributed by atoms with van der Waals surface area (Å²) in [6, 6.07) is 5.15. The molecule has 1 rings (SSSR count). The van der Waals surface area contributed by atoms with Crippen LogP contribution in [0.15, 0.2) is 30.4 Å². The van der Waals surface area contributed by atoms with Crippen LogP contribution in [-0.2, 0) is 6.42 Å². The maximum atomic E-state index is 13.6. The van der Waals surface area contributed by atoms with E-state index < -0.39 is 0 Å². The van der Waals surface area contributed by atoms with Gasteiger partial charge in [-0.05, 0) is 24.5 Å². The molecule has 1 nitrogen and oxygen atoms in total. The topological polar surface area (TPSA) is 9.23 Å². The van der Waals surface area contributed by atoms with Gasteiger partial charge in [-0.1, -0.05) is 24.3 Å². The van der Waals surface area contributed by atoms with E-state index in [0.29, 0.717) is 23.6 Å². The number of ether oxygens (including phenoxy) is 1. The summed E-state index contributed by atoms with van der Waals surface area (Å²) in [6.45, 7) is 0. The molecule has 0 heterocycles. The second kappa shape index (κ2) is 6.46. The van der Waals surface area contributed by atoms with Crippen molar-refractivity contribution in [3.63, 3.8) is 0 Å². The van der Waals surface area contributed by atoms with E-state index >= 15 is 0 Å². The van der Waals surface area contributed by atoms with Gasteiger partial charge in [0.15, 0.2) is 11.6 Å². The van der Waals surface area contributed by atoms with Crippen LogP contribution in [0, 0.1) is 5.82 Å². The first-order valence-corrected chi connectivity index (χ1v) is 5.35. The lowest BCUT2D eigenvalue weighted by molar-refractivity contribution is 0.384. The van der Waals surface area contributed by atoms with Crippen molar-refractivity contribution in [2.45, 2.75) is 12.8 Å². The summed E-state index contributed by atoms with van der Waals surface area (Å²) in [5, 5.41) is 0. The van der Waals surface area contributed by atoms with Gasteiger partial charge < -0.3 is 4.74 Å². The van der Waals surface area contributed by atoms with Gasteiger partial charge in [-0.2, -0.15) is 0 Å². The van der Waals surface area contributed by atoms with E-state index in [0.717, 1.165) is 6.42 Å². The van der Waals surface area contributed by atoms with Crippen molar-refractivity contribution in [3.8, 4) is 5.75 Å². The molecule has 1 aromatic carbocycles. The number of methoxy groups -OCH3 is 1. The number of benzene rings is 1. The average molecular weight is 229 g/mol. The molecule has 0 radical (unpaired) electrons. The van der Waals surface area contributed by atoms with E-state index in [2.05, 4.69) is 0 Å². The lowest BCUT2D eigenvalue weighted by Gasteiger charge is -2.04. The molecule has 0 aliphatic carbocycles. The lowest BCUT2D eigenvalue weighted by atomic mass is 10.1. The highest BCUT2D eigenvalue weighted by Crippen LogP contribution is 2.20. The third kappa shape index (κ3) is 3.56. The number of hydrogen-bond acceptors (Lipinski definition) is 1. The minimum Gasteiger partial charge on any atom is -0.494 e. The summed E-state index contributed by atoms with van der Waals surface area (Å²) in [7, 11) is 1.46. The lowest BCUT2D eigenvalue weighted by Crippen LogP contribution is -1.93. The van der Waals surface area contributed by atoms with Crippen LogP contribution in [0.2, 0.25) is 0 Å². The fraction of sp³-hybridized carbons (Fsp3) is 0.333. The first-order valence-electron chi connectivity index (χ1n) is 4.82. The zero-order valence-corrected chi connectivity index (χ0v) is 9.43. The standard InChI is InChI=1S/C12H14ClFO/c1-15-11-8-5-7-10(12(11)14)6-3-2-4-9-13/h2-3,5,7-8H,4,6,9H2,1H3/b3-2+. The molecular weight excluding hydrogens is 215 g/mol. The maximum absolute atomic E-state index is 13.6. The monoisotopic (exact) mass is 228 g/mol. The predicted octanol–water partition coefficient (Wildman–Crippen LogP) is 3.56. The van der Waals surface area contributed by atoms with Gasteiger partial charge >= 0.3 is 0 Å². The van der Waals surface area contributed by atoms with Crippen LogP contribution in [-0.4, -0.2) is 13.0 Å². The molecule has 3 heteroatoms. The first kappa shape index (κ1) is 12.1. The Labute approximate surface area is 94.5 Å². The van der Waals surface area contributed by atoms with E-state index in [1.165, 1.54) is 7.11 Å². The SMILES string of the molecule is COc1cccc(C/C=C/CCCl)c1F. The van der Waals surface area contributed by atoms with Crippen LogP contribution in [0.1, 0.15) is 12.0 Å². The highest BCUT2D eigenvalue weighted by atomic mass is 35.5. The van der Waals surface area contributed by atoms with Crippen molar-refractivity contribution in [2.75, 3.05) is 13.0 Å². The minimum absolute atomic E-state index is 0.282. The quantitative estimate of drug-likeness (QED) is 0.553. The molecule has 0 saturated heterocycles. The molecule has 0 aliphatic heterocycles. The second-order valence-electron chi connectivity index (χ2n) is 3.09. The van der Waals surface area contributed by atoms with Crippen molar-refractivity contribution in [2.24, 2.45) is 0 Å². The number of halogens is 2. The molecule has 1 aromatic rings. The Balaban J connectivity index is 2.68. The van der Waals surface area contributed by atoms with Gasteiger partial charge in [-0.25, -0.2) is 4.39 Å². The van der Waals surface area contributed by atoms with Crippen LogP contribution in [0.25, 0.3) is 0 Å². The van der Waals surface area contributed by atoms with Crippen LogP contribution in [0.4, 0.5) is 4.39 Å². The molecule has 0 saturated carbocycles. The summed E-state index contributed by atoms with van der Waals surface area (Å²) in [5.41, 5.74) is 0.639. The Morgan fingerprint density at radius 2 is 2.20 bits per heavy atom. The molecule has 0 aromatic heterocycles. The van der Waals surface area contributed by atoms with Crippen molar-refractivity contribution in [1.29, 1.82) is 0 Å². The summed E-state index contributed by atoms with van der Waals surface area (Å²) in [4.78, 5) is 0. The Morgan fingerprint density at radius 1 is 1.40 bits per heavy atom. The maximum Gasteiger partial charge on any atom is 0.168 e. The average Bonchev–Trinajstić information content (AvgIpc) is 2.26. The van der Waals surface area contributed by atoms with Crippen molar-refractivity contribution >= 4 is 11.6 Å². The Kier molecular flexibility index (Phi) is 5.19. The van der Waals surface area contributed by atoms with E-state index in [4.69, 9.17) is 16.3 Å². The number of rotatable bonds is 5.